The van der Waals surface area contributed by atoms with Gasteiger partial charge in [0.05, 0.1) is 0 Å². The molecule has 0 rings (SSSR count). The van der Waals surface area contributed by atoms with Crippen LogP contribution in [0.5, 0.6) is 0 Å². The summed E-state index contributed by atoms with van der Waals surface area (Å²) < 4.78 is 0. The number of rotatable bonds is 2. The van der Waals surface area contributed by atoms with Gasteiger partial charge in [-0.25, -0.2) is 0 Å². The van der Waals surface area contributed by atoms with Gasteiger partial charge in [0, 0.05) is 0 Å². The van der Waals surface area contributed by atoms with Crippen LogP contribution < -0.4 is 0 Å². The molecule has 5 heavy (non-hydrogen) atoms. The Morgan fingerprint density at radius 1 is 2.00 bits per heavy atom. The highest BCUT2D eigenvalue weighted by Gasteiger charge is 1.66. The van der Waals surface area contributed by atoms with Crippen molar-refractivity contribution in [2.45, 2.75) is 6.32 Å². The van der Waals surface area contributed by atoms with Crippen molar-refractivity contribution in [2.75, 3.05) is 0 Å². The van der Waals surface area contributed by atoms with E-state index in [1.54, 1.807) is 0 Å². The molecule has 0 amide bonds. The van der Waals surface area contributed by atoms with Gasteiger partial charge >= 0.3 is 0 Å². The molecule has 0 saturated carbocycles. The first-order valence-corrected chi connectivity index (χ1v) is 2.22. The van der Waals surface area contributed by atoms with Gasteiger partial charge in [-0.15, -0.1) is 6.58 Å². The fourth-order valence-corrected chi connectivity index (χ4v) is 0.289. The smallest absolute Gasteiger partial charge is 0.142 e. The van der Waals surface area contributed by atoms with Crippen LogP contribution in [0.1, 0.15) is 0 Å². The van der Waals surface area contributed by atoms with Gasteiger partial charge in [-0.05, 0) is 0 Å². The monoisotopic (exact) mass is 85.0 g/mol. The molecular weight excluding hydrogens is 77.8 g/mol. The third-order valence-corrected chi connectivity index (χ3v) is 0.575. The molecule has 0 aliphatic heterocycles. The molecule has 0 bridgehead atoms. The van der Waals surface area contributed by atoms with Gasteiger partial charge in [0.15, 0.2) is 0 Å². The van der Waals surface area contributed by atoms with Crippen LogP contribution in [0.2, 0.25) is 6.32 Å². The minimum atomic E-state index is 0.991. The minimum Gasteiger partial charge on any atom is -0.178 e. The quantitative estimate of drug-likeness (QED) is 0.267. The van der Waals surface area contributed by atoms with Gasteiger partial charge in [-0.3, -0.25) is 0 Å². The summed E-state index contributed by atoms with van der Waals surface area (Å²) in [5, 5.41) is 0. The summed E-state index contributed by atoms with van der Waals surface area (Å²) in [7, 11) is 2.50. The van der Waals surface area contributed by atoms with E-state index in [4.69, 9.17) is 0 Å². The first kappa shape index (κ1) is 5.23. The SMILES string of the molecule is C=CC[B]P. The molecule has 0 heterocycles. The van der Waals surface area contributed by atoms with Gasteiger partial charge < -0.3 is 0 Å². The van der Waals surface area contributed by atoms with Crippen LogP contribution in [0.25, 0.3) is 0 Å². The highest BCUT2D eigenvalue weighted by Crippen LogP contribution is 1.82. The second-order valence-electron chi connectivity index (χ2n) is 0.760. The van der Waals surface area contributed by atoms with Gasteiger partial charge in [0.1, 0.15) is 7.00 Å². The molecule has 0 N–H and O–H groups in total. The van der Waals surface area contributed by atoms with Crippen LogP contribution in [0.4, 0.5) is 0 Å². The lowest BCUT2D eigenvalue weighted by Gasteiger charge is -1.69. The van der Waals surface area contributed by atoms with Crippen molar-refractivity contribution >= 4 is 16.1 Å². The molecule has 27 valence electrons. The van der Waals surface area contributed by atoms with Crippen molar-refractivity contribution in [2.24, 2.45) is 0 Å². The van der Waals surface area contributed by atoms with E-state index in [0.717, 1.165) is 6.32 Å². The van der Waals surface area contributed by atoms with Gasteiger partial charge in [-0.2, -0.15) is 9.12 Å². The lowest BCUT2D eigenvalue weighted by Crippen LogP contribution is -1.63. The molecule has 0 aliphatic carbocycles. The highest BCUT2D eigenvalue weighted by atomic mass is 31.0. The van der Waals surface area contributed by atoms with Crippen molar-refractivity contribution in [1.29, 1.82) is 0 Å². The molecule has 2 heteroatoms. The maximum atomic E-state index is 3.51. The first-order chi connectivity index (χ1) is 2.41. The maximum absolute atomic E-state index is 3.51. The van der Waals surface area contributed by atoms with Crippen LogP contribution >= 0.6 is 9.12 Å². The predicted octanol–water partition coefficient (Wildman–Crippen LogP) is 1.08. The predicted molar refractivity (Wildman–Crippen MR) is 30.5 cm³/mol. The zero-order valence-corrected chi connectivity index (χ0v) is 4.30. The molecule has 0 spiro atoms. The van der Waals surface area contributed by atoms with Crippen LogP contribution in [0, 0.1) is 0 Å². The first-order valence-electron chi connectivity index (χ1n) is 1.56. The molecule has 0 fully saturated rings. The second-order valence-corrected chi connectivity index (χ2v) is 1.23. The topological polar surface area (TPSA) is 0 Å². The molecule has 1 unspecified atom stereocenters. The van der Waals surface area contributed by atoms with E-state index in [1.807, 2.05) is 13.1 Å². The summed E-state index contributed by atoms with van der Waals surface area (Å²) in [4.78, 5) is 0. The van der Waals surface area contributed by atoms with E-state index in [1.165, 1.54) is 0 Å². The zero-order chi connectivity index (χ0) is 4.12. The van der Waals surface area contributed by atoms with E-state index >= 15 is 0 Å². The standard InChI is InChI=1S/C3H7BP/c1-2-3-4-5/h2H,1,3,5H2. The maximum Gasteiger partial charge on any atom is 0.142 e. The van der Waals surface area contributed by atoms with Gasteiger partial charge in [0.25, 0.3) is 0 Å². The van der Waals surface area contributed by atoms with Crippen molar-refractivity contribution in [1.82, 2.24) is 0 Å². The van der Waals surface area contributed by atoms with E-state index in [0.29, 0.717) is 0 Å². The Morgan fingerprint density at radius 3 is 2.60 bits per heavy atom. The molecule has 0 aliphatic rings. The Hall–Kier alpha value is 0.235. The van der Waals surface area contributed by atoms with Crippen LogP contribution in [-0.4, -0.2) is 7.00 Å². The normalized spacial score (nSPS) is 6.60. The average Bonchev–Trinajstić information content (AvgIpc) is 1.41. The van der Waals surface area contributed by atoms with Crippen molar-refractivity contribution in [3.63, 3.8) is 0 Å². The molecule has 1 atom stereocenters. The molecule has 0 aromatic rings. The third-order valence-electron chi connectivity index (χ3n) is 0.303. The minimum absolute atomic E-state index is 0.991. The summed E-state index contributed by atoms with van der Waals surface area (Å²) in [6.07, 6.45) is 2.84. The fraction of sp³-hybridized carbons (Fsp3) is 0.333. The van der Waals surface area contributed by atoms with E-state index < -0.39 is 0 Å². The fourth-order valence-electron chi connectivity index (χ4n) is 0.0962. The summed E-state index contributed by atoms with van der Waals surface area (Å²) >= 11 is 0. The van der Waals surface area contributed by atoms with Gasteiger partial charge in [0.2, 0.25) is 0 Å². The van der Waals surface area contributed by atoms with E-state index in [2.05, 4.69) is 15.7 Å². The lowest BCUT2D eigenvalue weighted by molar-refractivity contribution is 1.75. The Bertz CT molecular complexity index is 28.1. The molecule has 0 aromatic carbocycles. The molecule has 0 nitrogen and oxygen atoms in total. The molecule has 0 aromatic heterocycles. The van der Waals surface area contributed by atoms with Crippen molar-refractivity contribution < 1.29 is 0 Å². The van der Waals surface area contributed by atoms with E-state index in [-0.39, 0.29) is 0 Å². The molecule has 0 saturated heterocycles. The Labute approximate surface area is 36.1 Å². The summed E-state index contributed by atoms with van der Waals surface area (Å²) in [5.74, 6) is 0. The number of allylic oxidation sites excluding steroid dienone is 1. The number of hydrogen-bond donors (Lipinski definition) is 0. The van der Waals surface area contributed by atoms with Gasteiger partial charge in [-0.1, -0.05) is 12.4 Å². The highest BCUT2D eigenvalue weighted by molar-refractivity contribution is 7.55. The molecular formula is C3H7BP. The van der Waals surface area contributed by atoms with Crippen LogP contribution in [0.15, 0.2) is 12.7 Å². The average molecular weight is 84.9 g/mol. The summed E-state index contributed by atoms with van der Waals surface area (Å²) in [6.45, 7) is 5.48. The van der Waals surface area contributed by atoms with E-state index in [9.17, 15) is 0 Å². The van der Waals surface area contributed by atoms with Crippen LogP contribution in [0.3, 0.4) is 0 Å². The summed E-state index contributed by atoms with van der Waals surface area (Å²) in [6, 6.07) is 0. The molecule has 1 radical (unpaired) electrons. The Kier molecular flexibility index (Phi) is 4.43. The summed E-state index contributed by atoms with van der Waals surface area (Å²) in [5.41, 5.74) is 0. The Morgan fingerprint density at radius 2 is 2.60 bits per heavy atom. The second kappa shape index (κ2) is 4.23. The van der Waals surface area contributed by atoms with Crippen molar-refractivity contribution in [3.8, 4) is 0 Å². The largest absolute Gasteiger partial charge is 0.178 e. The lowest BCUT2D eigenvalue weighted by atomic mass is 10.0. The zero-order valence-electron chi connectivity index (χ0n) is 3.15. The third kappa shape index (κ3) is 4.23. The number of hydrogen-bond acceptors (Lipinski definition) is 0. The van der Waals surface area contributed by atoms with Crippen molar-refractivity contribution in [3.05, 3.63) is 12.7 Å². The Balaban J connectivity index is 2.40. The van der Waals surface area contributed by atoms with Crippen LogP contribution in [-0.2, 0) is 0 Å².